The molecule has 0 radical (unpaired) electrons. The van der Waals surface area contributed by atoms with Gasteiger partial charge in [0.25, 0.3) is 5.91 Å². The number of nitrogens with one attached hydrogen (secondary N) is 1. The van der Waals surface area contributed by atoms with Crippen LogP contribution in [0.2, 0.25) is 18.1 Å². The zero-order valence-electron chi connectivity index (χ0n) is 22.4. The van der Waals surface area contributed by atoms with Crippen LogP contribution in [0.1, 0.15) is 37.4 Å². The van der Waals surface area contributed by atoms with E-state index in [0.717, 1.165) is 3.57 Å². The van der Waals surface area contributed by atoms with Crippen LogP contribution < -0.4 is 5.32 Å². The number of rotatable bonds is 9. The van der Waals surface area contributed by atoms with Crippen molar-refractivity contribution < 1.29 is 23.1 Å². The molecule has 0 unspecified atom stereocenters. The maximum atomic E-state index is 16.0. The van der Waals surface area contributed by atoms with E-state index in [1.807, 2.05) is 12.3 Å². The van der Waals surface area contributed by atoms with Crippen LogP contribution in [0.3, 0.4) is 0 Å². The summed E-state index contributed by atoms with van der Waals surface area (Å²) in [4.78, 5) is 21.5. The van der Waals surface area contributed by atoms with E-state index in [1.165, 1.54) is 18.1 Å². The predicted octanol–water partition coefficient (Wildman–Crippen LogP) is 6.25. The number of thioether (sulfide) groups is 1. The Balaban J connectivity index is 1.62. The van der Waals surface area contributed by atoms with Crippen molar-refractivity contribution in [3.05, 3.63) is 52.0 Å². The van der Waals surface area contributed by atoms with Gasteiger partial charge in [-0.2, -0.15) is 0 Å². The molecule has 1 fully saturated rings. The van der Waals surface area contributed by atoms with Gasteiger partial charge in [0.2, 0.25) is 0 Å². The normalized spacial score (nSPS) is 22.2. The highest BCUT2D eigenvalue weighted by molar-refractivity contribution is 14.1. The fourth-order valence-electron chi connectivity index (χ4n) is 4.00. The van der Waals surface area contributed by atoms with E-state index in [2.05, 4.69) is 71.7 Å². The van der Waals surface area contributed by atoms with E-state index in [-0.39, 0.29) is 17.6 Å². The van der Waals surface area contributed by atoms with Crippen LogP contribution in [0, 0.1) is 3.57 Å². The molecular weight excluding hydrogens is 638 g/mol. The molecule has 0 bridgehead atoms. The molecule has 38 heavy (non-hydrogen) atoms. The van der Waals surface area contributed by atoms with Crippen LogP contribution in [-0.4, -0.2) is 65.9 Å². The topological polar surface area (TPSA) is 87.5 Å². The minimum absolute atomic E-state index is 0.0139. The summed E-state index contributed by atoms with van der Waals surface area (Å²) in [5.74, 6) is 0.413. The SMILES string of the molecule is CSCO[C@H]1[C@@H](F)[C@H](n2cc(I)c3c(NC(=O)c4ccccc4)ncnc32)O[C@@H]1CO[Si](C)(C)C(C)(C)C. The second-order valence-corrected chi connectivity index (χ2v) is 17.5. The van der Waals surface area contributed by atoms with Gasteiger partial charge < -0.3 is 23.8 Å². The Morgan fingerprint density at radius 2 is 1.97 bits per heavy atom. The summed E-state index contributed by atoms with van der Waals surface area (Å²) in [6.07, 6.45) is 1.27. The highest BCUT2D eigenvalue weighted by Gasteiger charge is 2.49. The summed E-state index contributed by atoms with van der Waals surface area (Å²) < 4.78 is 37.0. The van der Waals surface area contributed by atoms with Gasteiger partial charge in [-0.15, -0.1) is 11.8 Å². The Hall–Kier alpha value is -1.58. The van der Waals surface area contributed by atoms with E-state index in [9.17, 15) is 4.79 Å². The van der Waals surface area contributed by atoms with Gasteiger partial charge in [-0.3, -0.25) is 4.79 Å². The highest BCUT2D eigenvalue weighted by atomic mass is 127. The molecule has 4 rings (SSSR count). The van der Waals surface area contributed by atoms with E-state index in [1.54, 1.807) is 35.0 Å². The molecule has 3 heterocycles. The van der Waals surface area contributed by atoms with Crippen molar-refractivity contribution in [1.29, 1.82) is 0 Å². The summed E-state index contributed by atoms with van der Waals surface area (Å²) in [6.45, 7) is 11.1. The second kappa shape index (κ2) is 11.9. The third-order valence-electron chi connectivity index (χ3n) is 7.17. The molecule has 1 N–H and O–H groups in total. The van der Waals surface area contributed by atoms with Crippen molar-refractivity contribution in [2.24, 2.45) is 0 Å². The summed E-state index contributed by atoms with van der Waals surface area (Å²) in [5, 5.41) is 3.50. The molecule has 1 aliphatic heterocycles. The van der Waals surface area contributed by atoms with Gasteiger partial charge in [0.1, 0.15) is 30.0 Å². The van der Waals surface area contributed by atoms with Crippen molar-refractivity contribution in [2.75, 3.05) is 24.1 Å². The quantitative estimate of drug-likeness (QED) is 0.163. The number of nitrogens with zero attached hydrogens (tertiary/aromatic N) is 3. The number of aromatic nitrogens is 3. The van der Waals surface area contributed by atoms with Gasteiger partial charge in [0.15, 0.2) is 20.7 Å². The number of ether oxygens (including phenoxy) is 2. The average Bonchev–Trinajstić information content (AvgIpc) is 3.37. The molecular formula is C26H34FIN4O4SSi. The summed E-state index contributed by atoms with van der Waals surface area (Å²) in [7, 11) is -2.08. The van der Waals surface area contributed by atoms with Gasteiger partial charge in [-0.05, 0) is 59.1 Å². The van der Waals surface area contributed by atoms with Gasteiger partial charge in [0.05, 0.1) is 17.9 Å². The predicted molar refractivity (Wildman–Crippen MR) is 160 cm³/mol. The molecule has 12 heteroatoms. The first kappa shape index (κ1) is 29.4. The standard InChI is InChI=1S/C26H34FIN4O4SSi/c1-26(2,3)38(5,6)35-13-18-21(34-15-37-4)20(27)25(36-18)32-12-17(28)19-22(29-14-30-23(19)32)31-24(33)16-10-8-7-9-11-16/h7-12,14,18,20-21,25H,13,15H2,1-6H3,(H,29,30,31,33)/t18-,20-,21-,25-/m1/s1. The van der Waals surface area contributed by atoms with Crippen LogP contribution in [0.5, 0.6) is 0 Å². The summed E-state index contributed by atoms with van der Waals surface area (Å²) >= 11 is 3.63. The number of alkyl halides is 1. The number of hydrogen-bond donors (Lipinski definition) is 1. The van der Waals surface area contributed by atoms with Crippen molar-refractivity contribution in [2.45, 2.75) is 63.5 Å². The largest absolute Gasteiger partial charge is 0.414 e. The maximum absolute atomic E-state index is 16.0. The number of fused-ring (bicyclic) bond motifs is 1. The first-order valence-electron chi connectivity index (χ1n) is 12.4. The molecule has 8 nitrogen and oxygen atoms in total. The number of halogens is 2. The Kier molecular flexibility index (Phi) is 9.19. The van der Waals surface area contributed by atoms with Gasteiger partial charge >= 0.3 is 0 Å². The Labute approximate surface area is 241 Å². The van der Waals surface area contributed by atoms with Gasteiger partial charge in [0, 0.05) is 15.3 Å². The Morgan fingerprint density at radius 1 is 1.26 bits per heavy atom. The minimum atomic E-state index is -2.08. The number of carbonyl (C=O) groups is 1. The molecule has 1 aliphatic rings. The van der Waals surface area contributed by atoms with Crippen molar-refractivity contribution >= 4 is 65.4 Å². The van der Waals surface area contributed by atoms with Crippen LogP contribution in [0.4, 0.5) is 10.2 Å². The van der Waals surface area contributed by atoms with E-state index < -0.39 is 32.9 Å². The first-order chi connectivity index (χ1) is 17.9. The molecule has 206 valence electrons. The molecule has 4 atom stereocenters. The zero-order chi connectivity index (χ0) is 27.7. The van der Waals surface area contributed by atoms with E-state index in [4.69, 9.17) is 13.9 Å². The molecule has 0 spiro atoms. The lowest BCUT2D eigenvalue weighted by Crippen LogP contribution is -2.44. The second-order valence-electron chi connectivity index (χ2n) is 10.7. The fourth-order valence-corrected chi connectivity index (χ4v) is 6.11. The lowest BCUT2D eigenvalue weighted by atomic mass is 10.1. The third kappa shape index (κ3) is 6.09. The molecule has 3 aromatic rings. The number of benzene rings is 1. The van der Waals surface area contributed by atoms with Crippen molar-refractivity contribution in [3.63, 3.8) is 0 Å². The van der Waals surface area contributed by atoms with Crippen LogP contribution in [-0.2, 0) is 13.9 Å². The Morgan fingerprint density at radius 3 is 2.63 bits per heavy atom. The minimum Gasteiger partial charge on any atom is -0.414 e. The lowest BCUT2D eigenvalue weighted by molar-refractivity contribution is -0.0509. The number of anilines is 1. The number of amides is 1. The van der Waals surface area contributed by atoms with Crippen LogP contribution >= 0.6 is 34.4 Å². The number of hydrogen-bond acceptors (Lipinski definition) is 7. The smallest absolute Gasteiger partial charge is 0.256 e. The molecule has 0 aliphatic carbocycles. The average molecular weight is 673 g/mol. The fraction of sp³-hybridized carbons (Fsp3) is 0.500. The monoisotopic (exact) mass is 672 g/mol. The molecule has 1 amide bonds. The first-order valence-corrected chi connectivity index (χ1v) is 17.7. The van der Waals surface area contributed by atoms with Crippen molar-refractivity contribution in [1.82, 2.24) is 14.5 Å². The van der Waals surface area contributed by atoms with Gasteiger partial charge in [-0.25, -0.2) is 14.4 Å². The molecule has 0 saturated carbocycles. The van der Waals surface area contributed by atoms with E-state index >= 15 is 4.39 Å². The van der Waals surface area contributed by atoms with E-state index in [0.29, 0.717) is 28.4 Å². The summed E-state index contributed by atoms with van der Waals surface area (Å²) in [5.41, 5.74) is 0.977. The number of carbonyl (C=O) groups excluding carboxylic acids is 1. The van der Waals surface area contributed by atoms with Gasteiger partial charge in [-0.1, -0.05) is 39.0 Å². The lowest BCUT2D eigenvalue weighted by Gasteiger charge is -2.37. The summed E-state index contributed by atoms with van der Waals surface area (Å²) in [6, 6.07) is 8.89. The maximum Gasteiger partial charge on any atom is 0.256 e. The third-order valence-corrected chi connectivity index (χ3v) is 12.9. The van der Waals surface area contributed by atoms with Crippen LogP contribution in [0.25, 0.3) is 11.0 Å². The molecule has 1 saturated heterocycles. The Bertz CT molecular complexity index is 1270. The zero-order valence-corrected chi connectivity index (χ0v) is 26.4. The highest BCUT2D eigenvalue weighted by Crippen LogP contribution is 2.41. The molecule has 2 aromatic heterocycles. The molecule has 1 aromatic carbocycles. The van der Waals surface area contributed by atoms with Crippen molar-refractivity contribution in [3.8, 4) is 0 Å². The van der Waals surface area contributed by atoms with Crippen LogP contribution in [0.15, 0.2) is 42.9 Å².